The Hall–Kier alpha value is -2.37. The standard InChI is InChI=1S/C24H35N3O3/c1-5-16(4)27-21-11-10-18(23(28)26-20(24(29)30)12-15(2)3)14-19(21)25-22(27)13-17-8-6-7-9-17/h10-11,14-17,20H,5-9,12-13H2,1-4H3,(H,26,28)(H,29,30). The molecule has 1 saturated carbocycles. The van der Waals surface area contributed by atoms with Crippen LogP contribution in [0.15, 0.2) is 18.2 Å². The quantitative estimate of drug-likeness (QED) is 0.608. The van der Waals surface area contributed by atoms with Crippen molar-refractivity contribution in [3.63, 3.8) is 0 Å². The van der Waals surface area contributed by atoms with Gasteiger partial charge in [-0.05, 0) is 49.8 Å². The van der Waals surface area contributed by atoms with Crippen molar-refractivity contribution in [2.75, 3.05) is 0 Å². The fourth-order valence-corrected chi connectivity index (χ4v) is 4.52. The van der Waals surface area contributed by atoms with E-state index in [0.717, 1.165) is 29.7 Å². The van der Waals surface area contributed by atoms with Gasteiger partial charge in [-0.1, -0.05) is 46.5 Å². The molecule has 1 aliphatic rings. The summed E-state index contributed by atoms with van der Waals surface area (Å²) in [7, 11) is 0. The third-order valence-corrected chi connectivity index (χ3v) is 6.31. The van der Waals surface area contributed by atoms with Gasteiger partial charge in [0.15, 0.2) is 0 Å². The van der Waals surface area contributed by atoms with Crippen molar-refractivity contribution in [1.82, 2.24) is 14.9 Å². The van der Waals surface area contributed by atoms with Gasteiger partial charge in [-0.2, -0.15) is 0 Å². The Morgan fingerprint density at radius 1 is 1.23 bits per heavy atom. The molecule has 0 saturated heterocycles. The summed E-state index contributed by atoms with van der Waals surface area (Å²) in [5.74, 6) is 0.614. The molecular formula is C24H35N3O3. The minimum atomic E-state index is -1.00. The molecule has 1 fully saturated rings. The van der Waals surface area contributed by atoms with Gasteiger partial charge in [0.2, 0.25) is 0 Å². The molecule has 2 N–H and O–H groups in total. The summed E-state index contributed by atoms with van der Waals surface area (Å²) < 4.78 is 2.33. The van der Waals surface area contributed by atoms with Crippen molar-refractivity contribution in [1.29, 1.82) is 0 Å². The van der Waals surface area contributed by atoms with E-state index in [1.165, 1.54) is 25.7 Å². The van der Waals surface area contributed by atoms with E-state index in [9.17, 15) is 14.7 Å². The van der Waals surface area contributed by atoms with Crippen LogP contribution in [-0.2, 0) is 11.2 Å². The number of carboxylic acid groups (broad SMARTS) is 1. The number of imidazole rings is 1. The monoisotopic (exact) mass is 413 g/mol. The maximum absolute atomic E-state index is 12.7. The summed E-state index contributed by atoms with van der Waals surface area (Å²) in [5.41, 5.74) is 2.32. The van der Waals surface area contributed by atoms with Crippen molar-refractivity contribution in [3.05, 3.63) is 29.6 Å². The van der Waals surface area contributed by atoms with Crippen molar-refractivity contribution in [2.45, 2.75) is 84.7 Å². The van der Waals surface area contributed by atoms with Gasteiger partial charge in [0, 0.05) is 18.0 Å². The smallest absolute Gasteiger partial charge is 0.326 e. The van der Waals surface area contributed by atoms with Gasteiger partial charge in [0.05, 0.1) is 11.0 Å². The maximum Gasteiger partial charge on any atom is 0.326 e. The normalized spacial score (nSPS) is 16.8. The second-order valence-corrected chi connectivity index (χ2v) is 9.21. The van der Waals surface area contributed by atoms with Crippen LogP contribution >= 0.6 is 0 Å². The fraction of sp³-hybridized carbons (Fsp3) is 0.625. The number of benzene rings is 1. The predicted molar refractivity (Wildman–Crippen MR) is 119 cm³/mol. The number of carbonyl (C=O) groups is 2. The van der Waals surface area contributed by atoms with E-state index in [4.69, 9.17) is 4.98 Å². The second-order valence-electron chi connectivity index (χ2n) is 9.21. The Morgan fingerprint density at radius 2 is 1.93 bits per heavy atom. The van der Waals surface area contributed by atoms with Gasteiger partial charge in [-0.3, -0.25) is 4.79 Å². The van der Waals surface area contributed by atoms with Crippen LogP contribution in [0.4, 0.5) is 0 Å². The number of amides is 1. The van der Waals surface area contributed by atoms with Crippen LogP contribution in [0.2, 0.25) is 0 Å². The van der Waals surface area contributed by atoms with Crippen LogP contribution in [0.1, 0.15) is 88.4 Å². The molecule has 0 spiro atoms. The molecule has 0 bridgehead atoms. The van der Waals surface area contributed by atoms with Crippen molar-refractivity contribution >= 4 is 22.9 Å². The molecule has 6 nitrogen and oxygen atoms in total. The lowest BCUT2D eigenvalue weighted by Gasteiger charge is -2.18. The van der Waals surface area contributed by atoms with E-state index in [-0.39, 0.29) is 11.8 Å². The summed E-state index contributed by atoms with van der Waals surface area (Å²) >= 11 is 0. The topological polar surface area (TPSA) is 84.2 Å². The van der Waals surface area contributed by atoms with Crippen LogP contribution in [0, 0.1) is 11.8 Å². The number of aromatic nitrogens is 2. The number of aliphatic carboxylic acids is 1. The average Bonchev–Trinajstić information content (AvgIpc) is 3.33. The van der Waals surface area contributed by atoms with E-state index in [0.29, 0.717) is 23.9 Å². The first-order valence-corrected chi connectivity index (χ1v) is 11.3. The number of hydrogen-bond acceptors (Lipinski definition) is 3. The minimum absolute atomic E-state index is 0.179. The molecule has 2 atom stereocenters. The summed E-state index contributed by atoms with van der Waals surface area (Å²) in [6.45, 7) is 8.28. The number of hydrogen-bond donors (Lipinski definition) is 2. The van der Waals surface area contributed by atoms with Gasteiger partial charge in [-0.25, -0.2) is 9.78 Å². The summed E-state index contributed by atoms with van der Waals surface area (Å²) in [6, 6.07) is 5.00. The first-order chi connectivity index (χ1) is 14.3. The molecule has 1 heterocycles. The maximum atomic E-state index is 12.7. The number of carbonyl (C=O) groups excluding carboxylic acids is 1. The van der Waals surface area contributed by atoms with Crippen LogP contribution in [0.5, 0.6) is 0 Å². The Labute approximate surface area is 179 Å². The van der Waals surface area contributed by atoms with E-state index < -0.39 is 12.0 Å². The molecule has 2 unspecified atom stereocenters. The van der Waals surface area contributed by atoms with Gasteiger partial charge in [0.1, 0.15) is 11.9 Å². The molecule has 0 radical (unpaired) electrons. The molecular weight excluding hydrogens is 378 g/mol. The number of rotatable bonds is 9. The average molecular weight is 414 g/mol. The summed E-state index contributed by atoms with van der Waals surface area (Å²) in [4.78, 5) is 29.2. The molecule has 1 aliphatic carbocycles. The largest absolute Gasteiger partial charge is 0.480 e. The summed E-state index contributed by atoms with van der Waals surface area (Å²) in [5, 5.41) is 12.1. The van der Waals surface area contributed by atoms with Gasteiger partial charge >= 0.3 is 5.97 Å². The Balaban J connectivity index is 1.89. The molecule has 1 aromatic carbocycles. The zero-order valence-electron chi connectivity index (χ0n) is 18.6. The van der Waals surface area contributed by atoms with E-state index >= 15 is 0 Å². The van der Waals surface area contributed by atoms with Crippen LogP contribution in [0.25, 0.3) is 11.0 Å². The Kier molecular flexibility index (Phi) is 7.16. The van der Waals surface area contributed by atoms with Crippen LogP contribution < -0.4 is 5.32 Å². The van der Waals surface area contributed by atoms with Crippen molar-refractivity contribution in [3.8, 4) is 0 Å². The first kappa shape index (κ1) is 22.3. The molecule has 3 rings (SSSR count). The zero-order valence-corrected chi connectivity index (χ0v) is 18.6. The van der Waals surface area contributed by atoms with Crippen molar-refractivity contribution in [2.24, 2.45) is 11.8 Å². The molecule has 1 amide bonds. The minimum Gasteiger partial charge on any atom is -0.480 e. The van der Waals surface area contributed by atoms with Gasteiger partial charge < -0.3 is 15.0 Å². The Morgan fingerprint density at radius 3 is 2.53 bits per heavy atom. The third-order valence-electron chi connectivity index (χ3n) is 6.31. The molecule has 164 valence electrons. The highest BCUT2D eigenvalue weighted by molar-refractivity contribution is 5.99. The highest BCUT2D eigenvalue weighted by Crippen LogP contribution is 2.31. The highest BCUT2D eigenvalue weighted by atomic mass is 16.4. The second kappa shape index (κ2) is 9.63. The molecule has 1 aromatic heterocycles. The zero-order chi connectivity index (χ0) is 21.8. The fourth-order valence-electron chi connectivity index (χ4n) is 4.52. The Bertz CT molecular complexity index is 896. The third kappa shape index (κ3) is 5.02. The number of fused-ring (bicyclic) bond motifs is 1. The first-order valence-electron chi connectivity index (χ1n) is 11.3. The van der Waals surface area contributed by atoms with Crippen LogP contribution in [0.3, 0.4) is 0 Å². The van der Waals surface area contributed by atoms with E-state index in [1.807, 2.05) is 19.9 Å². The predicted octanol–water partition coefficient (Wildman–Crippen LogP) is 4.97. The van der Waals surface area contributed by atoms with Crippen molar-refractivity contribution < 1.29 is 14.7 Å². The lowest BCUT2D eigenvalue weighted by molar-refractivity contribution is -0.139. The molecule has 6 heteroatoms. The number of nitrogens with zero attached hydrogens (tertiary/aromatic N) is 2. The van der Waals surface area contributed by atoms with Gasteiger partial charge in [0.25, 0.3) is 5.91 Å². The van der Waals surface area contributed by atoms with Gasteiger partial charge in [-0.15, -0.1) is 0 Å². The number of carboxylic acids is 1. The SMILES string of the molecule is CCC(C)n1c(CC2CCCC2)nc2cc(C(=O)NC(CC(C)C)C(=O)O)ccc21. The van der Waals surface area contributed by atoms with E-state index in [2.05, 4.69) is 23.7 Å². The summed E-state index contributed by atoms with van der Waals surface area (Å²) in [6.07, 6.45) is 7.54. The molecule has 2 aromatic rings. The molecule has 0 aliphatic heterocycles. The lowest BCUT2D eigenvalue weighted by atomic mass is 10.0. The highest BCUT2D eigenvalue weighted by Gasteiger charge is 2.24. The van der Waals surface area contributed by atoms with Crippen LogP contribution in [-0.4, -0.2) is 32.6 Å². The lowest BCUT2D eigenvalue weighted by Crippen LogP contribution is -2.41. The molecule has 30 heavy (non-hydrogen) atoms. The number of nitrogens with one attached hydrogen (secondary N) is 1. The van der Waals surface area contributed by atoms with E-state index in [1.54, 1.807) is 12.1 Å².